The minimum atomic E-state index is -1.31. The molecule has 2 rings (SSSR count). The molecule has 120 valence electrons. The standard InChI is InChI=1S/C18H20N2O3/c1-12(18(22)23)20-17(21)16(19)11-13-7-9-15(10-8-13)14-5-3-2-4-6-14/h2-10,12,16H,11,19H2,1H3,(H,20,21)(H,22,23). The molecule has 1 amide bonds. The van der Waals surface area contributed by atoms with Crippen LogP contribution in [0.25, 0.3) is 11.1 Å². The van der Waals surface area contributed by atoms with Crippen molar-refractivity contribution >= 4 is 11.9 Å². The largest absolute Gasteiger partial charge is 0.548 e. The summed E-state index contributed by atoms with van der Waals surface area (Å²) in [6, 6.07) is 16.3. The molecular formula is C18H20N2O3. The van der Waals surface area contributed by atoms with Gasteiger partial charge >= 0.3 is 0 Å². The maximum absolute atomic E-state index is 11.9. The number of carbonyl (C=O) groups excluding carboxylic acids is 2. The van der Waals surface area contributed by atoms with E-state index in [9.17, 15) is 14.7 Å². The molecule has 2 aromatic rings. The zero-order valence-corrected chi connectivity index (χ0v) is 13.0. The van der Waals surface area contributed by atoms with Crippen LogP contribution in [0.4, 0.5) is 0 Å². The number of rotatable bonds is 6. The van der Waals surface area contributed by atoms with Gasteiger partial charge in [0.15, 0.2) is 6.04 Å². The molecule has 23 heavy (non-hydrogen) atoms. The zero-order valence-electron chi connectivity index (χ0n) is 13.0. The van der Waals surface area contributed by atoms with E-state index in [2.05, 4.69) is 11.1 Å². The molecule has 0 spiro atoms. The summed E-state index contributed by atoms with van der Waals surface area (Å²) in [5, 5.41) is 13.0. The van der Waals surface area contributed by atoms with E-state index in [1.165, 1.54) is 6.92 Å². The predicted octanol–water partition coefficient (Wildman–Crippen LogP) is -0.239. The van der Waals surface area contributed by atoms with Crippen LogP contribution in [0.3, 0.4) is 0 Å². The van der Waals surface area contributed by atoms with E-state index in [1.54, 1.807) is 0 Å². The Morgan fingerprint density at radius 1 is 1.04 bits per heavy atom. The fraction of sp³-hybridized carbons (Fsp3) is 0.222. The SMILES string of the molecule is CC(NC(=O)C([NH3+])Cc1ccc(-c2ccccc2)cc1)C(=O)[O-]. The highest BCUT2D eigenvalue weighted by molar-refractivity contribution is 5.85. The van der Waals surface area contributed by atoms with E-state index in [0.29, 0.717) is 6.42 Å². The number of nitrogens with one attached hydrogen (secondary N) is 1. The molecule has 0 saturated carbocycles. The molecule has 5 heteroatoms. The zero-order chi connectivity index (χ0) is 16.8. The van der Waals surface area contributed by atoms with Crippen molar-refractivity contribution in [2.75, 3.05) is 0 Å². The summed E-state index contributed by atoms with van der Waals surface area (Å²) in [6.45, 7) is 1.37. The maximum Gasteiger partial charge on any atom is 0.279 e. The van der Waals surface area contributed by atoms with Crippen LogP contribution in [0.5, 0.6) is 0 Å². The van der Waals surface area contributed by atoms with Crippen LogP contribution in [-0.2, 0) is 16.0 Å². The molecule has 0 saturated heterocycles. The number of quaternary nitrogens is 1. The van der Waals surface area contributed by atoms with Gasteiger partial charge in [0.25, 0.3) is 5.91 Å². The van der Waals surface area contributed by atoms with Crippen molar-refractivity contribution < 1.29 is 20.4 Å². The van der Waals surface area contributed by atoms with Gasteiger partial charge in [-0.15, -0.1) is 0 Å². The van der Waals surface area contributed by atoms with E-state index in [-0.39, 0.29) is 0 Å². The van der Waals surface area contributed by atoms with E-state index in [0.717, 1.165) is 16.7 Å². The Kier molecular flexibility index (Phi) is 5.49. The fourth-order valence-electron chi connectivity index (χ4n) is 2.23. The molecule has 0 radical (unpaired) electrons. The van der Waals surface area contributed by atoms with Gasteiger partial charge in [0.2, 0.25) is 0 Å². The van der Waals surface area contributed by atoms with Crippen LogP contribution < -0.4 is 16.2 Å². The smallest absolute Gasteiger partial charge is 0.279 e. The number of carboxylic acids is 1. The predicted molar refractivity (Wildman–Crippen MR) is 84.9 cm³/mol. The van der Waals surface area contributed by atoms with Gasteiger partial charge in [-0.25, -0.2) is 0 Å². The van der Waals surface area contributed by atoms with Crippen LogP contribution >= 0.6 is 0 Å². The molecule has 2 atom stereocenters. The molecule has 0 aromatic heterocycles. The number of carboxylic acid groups (broad SMARTS) is 1. The van der Waals surface area contributed by atoms with Crippen LogP contribution in [0.1, 0.15) is 12.5 Å². The Morgan fingerprint density at radius 2 is 1.61 bits per heavy atom. The number of benzene rings is 2. The molecule has 5 nitrogen and oxygen atoms in total. The summed E-state index contributed by atoms with van der Waals surface area (Å²) in [5.74, 6) is -1.70. The number of hydrogen-bond donors (Lipinski definition) is 2. The van der Waals surface area contributed by atoms with E-state index in [1.807, 2.05) is 54.6 Å². The van der Waals surface area contributed by atoms with Gasteiger partial charge in [-0.3, -0.25) is 4.79 Å². The first-order chi connectivity index (χ1) is 11.0. The van der Waals surface area contributed by atoms with Crippen molar-refractivity contribution in [2.45, 2.75) is 25.4 Å². The van der Waals surface area contributed by atoms with E-state index in [4.69, 9.17) is 0 Å². The highest BCUT2D eigenvalue weighted by Gasteiger charge is 2.19. The maximum atomic E-state index is 11.9. The summed E-state index contributed by atoms with van der Waals surface area (Å²) in [5.41, 5.74) is 7.01. The van der Waals surface area contributed by atoms with E-state index >= 15 is 0 Å². The first kappa shape index (κ1) is 16.7. The van der Waals surface area contributed by atoms with Crippen molar-refractivity contribution in [1.82, 2.24) is 5.32 Å². The summed E-state index contributed by atoms with van der Waals surface area (Å²) in [6.07, 6.45) is 0.445. The van der Waals surface area contributed by atoms with Crippen molar-refractivity contribution in [1.29, 1.82) is 0 Å². The highest BCUT2D eigenvalue weighted by Crippen LogP contribution is 2.19. The van der Waals surface area contributed by atoms with Crippen molar-refractivity contribution in [3.63, 3.8) is 0 Å². The van der Waals surface area contributed by atoms with Crippen molar-refractivity contribution in [2.24, 2.45) is 0 Å². The molecule has 4 N–H and O–H groups in total. The highest BCUT2D eigenvalue weighted by atomic mass is 16.4. The Balaban J connectivity index is 1.98. The average Bonchev–Trinajstić information content (AvgIpc) is 2.56. The molecule has 0 fully saturated rings. The first-order valence-corrected chi connectivity index (χ1v) is 7.46. The quantitative estimate of drug-likeness (QED) is 0.770. The first-order valence-electron chi connectivity index (χ1n) is 7.46. The number of carbonyl (C=O) groups is 2. The van der Waals surface area contributed by atoms with Gasteiger partial charge < -0.3 is 21.0 Å². The minimum Gasteiger partial charge on any atom is -0.548 e. The second kappa shape index (κ2) is 7.56. The Hall–Kier alpha value is -2.66. The third kappa shape index (κ3) is 4.66. The lowest BCUT2D eigenvalue weighted by molar-refractivity contribution is -0.403. The monoisotopic (exact) mass is 312 g/mol. The summed E-state index contributed by atoms with van der Waals surface area (Å²) >= 11 is 0. The van der Waals surface area contributed by atoms with Gasteiger partial charge in [-0.2, -0.15) is 0 Å². The Labute approximate surface area is 135 Å². The molecule has 0 aliphatic rings. The van der Waals surface area contributed by atoms with Crippen molar-refractivity contribution in [3.8, 4) is 11.1 Å². The number of amides is 1. The lowest BCUT2D eigenvalue weighted by atomic mass is 10.0. The minimum absolute atomic E-state index is 0.395. The molecule has 0 heterocycles. The van der Waals surface area contributed by atoms with Crippen molar-refractivity contribution in [3.05, 3.63) is 60.2 Å². The summed E-state index contributed by atoms with van der Waals surface area (Å²) < 4.78 is 0. The summed E-state index contributed by atoms with van der Waals surface area (Å²) in [7, 11) is 0. The normalized spacial score (nSPS) is 13.1. The van der Waals surface area contributed by atoms with E-state index < -0.39 is 24.0 Å². The average molecular weight is 312 g/mol. The molecular weight excluding hydrogens is 292 g/mol. The van der Waals surface area contributed by atoms with Gasteiger partial charge in [0, 0.05) is 6.42 Å². The third-order valence-electron chi connectivity index (χ3n) is 3.63. The molecule has 0 bridgehead atoms. The van der Waals surface area contributed by atoms with Crippen LogP contribution in [0.2, 0.25) is 0 Å². The van der Waals surface area contributed by atoms with Crippen LogP contribution in [0, 0.1) is 0 Å². The third-order valence-corrected chi connectivity index (χ3v) is 3.63. The van der Waals surface area contributed by atoms with Crippen LogP contribution in [-0.4, -0.2) is 24.0 Å². The number of hydrogen-bond acceptors (Lipinski definition) is 3. The second-order valence-corrected chi connectivity index (χ2v) is 5.51. The van der Waals surface area contributed by atoms with Crippen LogP contribution in [0.15, 0.2) is 54.6 Å². The van der Waals surface area contributed by atoms with Gasteiger partial charge in [-0.05, 0) is 23.6 Å². The van der Waals surface area contributed by atoms with Gasteiger partial charge in [-0.1, -0.05) is 54.6 Å². The van der Waals surface area contributed by atoms with Gasteiger partial charge in [0.1, 0.15) is 0 Å². The second-order valence-electron chi connectivity index (χ2n) is 5.51. The molecule has 0 aliphatic heterocycles. The Morgan fingerprint density at radius 3 is 2.17 bits per heavy atom. The molecule has 2 aromatic carbocycles. The Bertz CT molecular complexity index is 668. The fourth-order valence-corrected chi connectivity index (χ4v) is 2.23. The topological polar surface area (TPSA) is 96.9 Å². The number of aliphatic carboxylic acids is 1. The van der Waals surface area contributed by atoms with Gasteiger partial charge in [0.05, 0.1) is 12.0 Å². The molecule has 2 unspecified atom stereocenters. The molecule has 0 aliphatic carbocycles. The lowest BCUT2D eigenvalue weighted by Crippen LogP contribution is -2.69. The summed E-state index contributed by atoms with van der Waals surface area (Å²) in [4.78, 5) is 22.5. The lowest BCUT2D eigenvalue weighted by Gasteiger charge is -2.16.